The van der Waals surface area contributed by atoms with Gasteiger partial charge in [-0.25, -0.2) is 18.5 Å². The quantitative estimate of drug-likeness (QED) is 0.285. The topological polar surface area (TPSA) is 109 Å². The Labute approximate surface area is 172 Å². The van der Waals surface area contributed by atoms with Gasteiger partial charge in [-0.2, -0.15) is 0 Å². The Morgan fingerprint density at radius 2 is 2.04 bits per heavy atom. The lowest BCUT2D eigenvalue weighted by Crippen LogP contribution is -2.44. The predicted molar refractivity (Wildman–Crippen MR) is 113 cm³/mol. The van der Waals surface area contributed by atoms with Crippen molar-refractivity contribution in [2.45, 2.75) is 18.4 Å². The lowest BCUT2D eigenvalue weighted by molar-refractivity contribution is 0.0389. The summed E-state index contributed by atoms with van der Waals surface area (Å²) in [5, 5.41) is 11.6. The number of halogens is 1. The molecule has 0 atom stereocenters. The fourth-order valence-corrected chi connectivity index (χ4v) is 3.07. The second kappa shape index (κ2) is 11.7. The number of benzene rings is 1. The van der Waals surface area contributed by atoms with Crippen molar-refractivity contribution in [2.24, 2.45) is 10.1 Å². The Kier molecular flexibility index (Phi) is 10.4. The van der Waals surface area contributed by atoms with Gasteiger partial charge >= 0.3 is 0 Å². The molecular weight excluding hydrogens is 469 g/mol. The largest absolute Gasteiger partial charge is 0.379 e. The van der Waals surface area contributed by atoms with Crippen LogP contribution in [0.5, 0.6) is 0 Å². The van der Waals surface area contributed by atoms with Crippen LogP contribution in [0.2, 0.25) is 0 Å². The van der Waals surface area contributed by atoms with Gasteiger partial charge in [0.25, 0.3) is 0 Å². The molecule has 1 aliphatic heterocycles. The Bertz CT molecular complexity index is 678. The first-order valence-corrected chi connectivity index (χ1v) is 9.97. The van der Waals surface area contributed by atoms with Crippen molar-refractivity contribution in [3.8, 4) is 0 Å². The first kappa shape index (κ1) is 23.1. The maximum Gasteiger partial charge on any atom is 0.238 e. The molecule has 0 aromatic heterocycles. The summed E-state index contributed by atoms with van der Waals surface area (Å²) in [4.78, 5) is 6.95. The van der Waals surface area contributed by atoms with Crippen LogP contribution in [0.1, 0.15) is 12.5 Å². The minimum atomic E-state index is -3.70. The van der Waals surface area contributed by atoms with Gasteiger partial charge in [0.1, 0.15) is 0 Å². The Morgan fingerprint density at radius 1 is 1.31 bits per heavy atom. The number of ether oxygens (including phenoxy) is 1. The molecule has 0 bridgehead atoms. The summed E-state index contributed by atoms with van der Waals surface area (Å²) in [5.74, 6) is 0.705. The van der Waals surface area contributed by atoms with Crippen molar-refractivity contribution >= 4 is 40.0 Å². The minimum Gasteiger partial charge on any atom is -0.379 e. The molecule has 10 heteroatoms. The molecule has 0 spiro atoms. The molecule has 1 aromatic carbocycles. The number of morpholine rings is 1. The van der Waals surface area contributed by atoms with Crippen molar-refractivity contribution < 1.29 is 13.2 Å². The van der Waals surface area contributed by atoms with E-state index in [9.17, 15) is 8.42 Å². The fourth-order valence-electron chi connectivity index (χ4n) is 2.49. The maximum atomic E-state index is 11.4. The number of primary sulfonamides is 1. The van der Waals surface area contributed by atoms with E-state index in [1.165, 1.54) is 6.07 Å². The third kappa shape index (κ3) is 8.16. The van der Waals surface area contributed by atoms with Crippen LogP contribution in [0.25, 0.3) is 0 Å². The molecule has 26 heavy (non-hydrogen) atoms. The van der Waals surface area contributed by atoms with Crippen LogP contribution in [0.3, 0.4) is 0 Å². The molecule has 2 rings (SSSR count). The van der Waals surface area contributed by atoms with Crippen molar-refractivity contribution in [1.82, 2.24) is 15.5 Å². The molecule has 0 unspecified atom stereocenters. The molecular formula is C16H28IN5O3S. The van der Waals surface area contributed by atoms with Crippen LogP contribution in [-0.4, -0.2) is 65.2 Å². The van der Waals surface area contributed by atoms with Crippen LogP contribution in [-0.2, 0) is 21.3 Å². The van der Waals surface area contributed by atoms with Gasteiger partial charge in [0, 0.05) is 32.7 Å². The molecule has 8 nitrogen and oxygen atoms in total. The number of sulfonamides is 1. The number of aliphatic imine (C=N–C) groups is 1. The van der Waals surface area contributed by atoms with Crippen LogP contribution in [0, 0.1) is 0 Å². The Morgan fingerprint density at radius 3 is 2.69 bits per heavy atom. The molecule has 1 aliphatic rings. The molecule has 1 fully saturated rings. The minimum absolute atomic E-state index is 0. The Balaban J connectivity index is 0.00000338. The standard InChI is InChI=1S/C16H27N5O3S.HI/c1-2-18-16(19-6-7-21-8-10-24-11-9-21)20-13-14-4-3-5-15(12-14)25(17,22)23;/h3-5,12H,2,6-11,13H2,1H3,(H2,17,22,23)(H2,18,19,20);1H. The van der Waals surface area contributed by atoms with Crippen LogP contribution < -0.4 is 15.8 Å². The average molecular weight is 497 g/mol. The maximum absolute atomic E-state index is 11.4. The van der Waals surface area contributed by atoms with Gasteiger partial charge in [-0.3, -0.25) is 4.90 Å². The summed E-state index contributed by atoms with van der Waals surface area (Å²) in [5.41, 5.74) is 0.789. The molecule has 1 aromatic rings. The van der Waals surface area contributed by atoms with E-state index in [0.717, 1.165) is 51.5 Å². The van der Waals surface area contributed by atoms with Gasteiger partial charge in [-0.05, 0) is 24.6 Å². The summed E-state index contributed by atoms with van der Waals surface area (Å²) in [6, 6.07) is 6.53. The second-order valence-electron chi connectivity index (χ2n) is 5.77. The number of nitrogens with one attached hydrogen (secondary N) is 2. The van der Waals surface area contributed by atoms with E-state index in [1.54, 1.807) is 12.1 Å². The van der Waals surface area contributed by atoms with Crippen molar-refractivity contribution in [1.29, 1.82) is 0 Å². The molecule has 0 radical (unpaired) electrons. The molecule has 4 N–H and O–H groups in total. The number of nitrogens with two attached hydrogens (primary N) is 1. The first-order chi connectivity index (χ1) is 12.0. The molecule has 148 valence electrons. The highest BCUT2D eigenvalue weighted by Gasteiger charge is 2.10. The summed E-state index contributed by atoms with van der Waals surface area (Å²) >= 11 is 0. The molecule has 0 saturated carbocycles. The van der Waals surface area contributed by atoms with Crippen LogP contribution in [0.4, 0.5) is 0 Å². The first-order valence-electron chi connectivity index (χ1n) is 8.43. The SMILES string of the molecule is CCNC(=NCc1cccc(S(N)(=O)=O)c1)NCCN1CCOCC1.I. The summed E-state index contributed by atoms with van der Waals surface area (Å²) in [6.45, 7) is 8.31. The monoisotopic (exact) mass is 497 g/mol. The zero-order valence-electron chi connectivity index (χ0n) is 15.0. The highest BCUT2D eigenvalue weighted by Crippen LogP contribution is 2.10. The van der Waals surface area contributed by atoms with Crippen molar-refractivity contribution in [2.75, 3.05) is 45.9 Å². The highest BCUT2D eigenvalue weighted by atomic mass is 127. The summed E-state index contributed by atoms with van der Waals surface area (Å²) in [7, 11) is -3.70. The molecule has 1 saturated heterocycles. The van der Waals surface area contributed by atoms with Gasteiger partial charge < -0.3 is 15.4 Å². The number of guanidine groups is 1. The average Bonchev–Trinajstić information content (AvgIpc) is 2.60. The highest BCUT2D eigenvalue weighted by molar-refractivity contribution is 14.0. The molecule has 0 aliphatic carbocycles. The lowest BCUT2D eigenvalue weighted by Gasteiger charge is -2.26. The number of hydrogen-bond donors (Lipinski definition) is 3. The predicted octanol–water partition coefficient (Wildman–Crippen LogP) is 0.339. The van der Waals surface area contributed by atoms with E-state index in [-0.39, 0.29) is 28.9 Å². The van der Waals surface area contributed by atoms with Gasteiger partial charge in [-0.1, -0.05) is 12.1 Å². The number of hydrogen-bond acceptors (Lipinski definition) is 5. The summed E-state index contributed by atoms with van der Waals surface area (Å²) < 4.78 is 28.2. The normalized spacial score (nSPS) is 16.0. The number of rotatable bonds is 7. The zero-order chi connectivity index (χ0) is 18.1. The zero-order valence-corrected chi connectivity index (χ0v) is 18.1. The van der Waals surface area contributed by atoms with Crippen molar-refractivity contribution in [3.05, 3.63) is 29.8 Å². The van der Waals surface area contributed by atoms with E-state index < -0.39 is 10.0 Å². The van der Waals surface area contributed by atoms with Gasteiger partial charge in [0.2, 0.25) is 10.0 Å². The van der Waals surface area contributed by atoms with Gasteiger partial charge in [0.15, 0.2) is 5.96 Å². The summed E-state index contributed by atoms with van der Waals surface area (Å²) in [6.07, 6.45) is 0. The molecule has 0 amide bonds. The van der Waals surface area contributed by atoms with Gasteiger partial charge in [0.05, 0.1) is 24.7 Å². The van der Waals surface area contributed by atoms with E-state index in [0.29, 0.717) is 12.5 Å². The lowest BCUT2D eigenvalue weighted by atomic mass is 10.2. The van der Waals surface area contributed by atoms with Crippen LogP contribution >= 0.6 is 24.0 Å². The molecule has 1 heterocycles. The second-order valence-corrected chi connectivity index (χ2v) is 7.33. The third-order valence-corrected chi connectivity index (χ3v) is 4.73. The van der Waals surface area contributed by atoms with E-state index in [4.69, 9.17) is 9.88 Å². The van der Waals surface area contributed by atoms with E-state index in [1.807, 2.05) is 13.0 Å². The smallest absolute Gasteiger partial charge is 0.238 e. The van der Waals surface area contributed by atoms with E-state index >= 15 is 0 Å². The van der Waals surface area contributed by atoms with Gasteiger partial charge in [-0.15, -0.1) is 24.0 Å². The fraction of sp³-hybridized carbons (Fsp3) is 0.562. The van der Waals surface area contributed by atoms with Crippen LogP contribution in [0.15, 0.2) is 34.2 Å². The Hall–Kier alpha value is -0.950. The van der Waals surface area contributed by atoms with E-state index in [2.05, 4.69) is 20.5 Å². The van der Waals surface area contributed by atoms with Crippen molar-refractivity contribution in [3.63, 3.8) is 0 Å². The number of nitrogens with zero attached hydrogens (tertiary/aromatic N) is 2. The third-order valence-electron chi connectivity index (χ3n) is 3.82.